The van der Waals surface area contributed by atoms with Gasteiger partial charge >= 0.3 is 12.1 Å². The SMILES string of the molecule is O=C(/C=C/c1ccccc1)Oc1cccc(C(F)(F)F)c1. The first-order valence-electron chi connectivity index (χ1n) is 6.07. The van der Waals surface area contributed by atoms with Gasteiger partial charge in [-0.05, 0) is 29.8 Å². The second kappa shape index (κ2) is 6.26. The van der Waals surface area contributed by atoms with E-state index in [0.717, 1.165) is 23.8 Å². The Labute approximate surface area is 119 Å². The molecule has 0 spiro atoms. The Morgan fingerprint density at radius 1 is 1.00 bits per heavy atom. The van der Waals surface area contributed by atoms with E-state index in [0.29, 0.717) is 0 Å². The Balaban J connectivity index is 2.05. The summed E-state index contributed by atoms with van der Waals surface area (Å²) in [6, 6.07) is 13.2. The number of hydrogen-bond acceptors (Lipinski definition) is 2. The van der Waals surface area contributed by atoms with E-state index in [1.807, 2.05) is 6.07 Å². The lowest BCUT2D eigenvalue weighted by Crippen LogP contribution is -2.07. The van der Waals surface area contributed by atoms with Crippen LogP contribution in [0.25, 0.3) is 6.08 Å². The van der Waals surface area contributed by atoms with Gasteiger partial charge in [-0.15, -0.1) is 0 Å². The Morgan fingerprint density at radius 2 is 1.71 bits per heavy atom. The molecule has 0 atom stereocenters. The van der Waals surface area contributed by atoms with Crippen molar-refractivity contribution in [1.29, 1.82) is 0 Å². The molecule has 5 heteroatoms. The Kier molecular flexibility index (Phi) is 4.42. The third kappa shape index (κ3) is 4.49. The van der Waals surface area contributed by atoms with Gasteiger partial charge in [0.25, 0.3) is 0 Å². The lowest BCUT2D eigenvalue weighted by molar-refractivity contribution is -0.138. The summed E-state index contributed by atoms with van der Waals surface area (Å²) in [6.45, 7) is 0. The molecule has 0 bridgehead atoms. The topological polar surface area (TPSA) is 26.3 Å². The second-order valence-corrected chi connectivity index (χ2v) is 4.19. The van der Waals surface area contributed by atoms with Crippen LogP contribution in [0.5, 0.6) is 5.75 Å². The summed E-state index contributed by atoms with van der Waals surface area (Å²) in [5.41, 5.74) is -0.0710. The van der Waals surface area contributed by atoms with Gasteiger partial charge in [0.1, 0.15) is 5.75 Å². The van der Waals surface area contributed by atoms with Crippen molar-refractivity contribution >= 4 is 12.0 Å². The van der Waals surface area contributed by atoms with E-state index in [4.69, 9.17) is 4.74 Å². The quantitative estimate of drug-likeness (QED) is 0.478. The number of alkyl halides is 3. The summed E-state index contributed by atoms with van der Waals surface area (Å²) in [5.74, 6) is -0.884. The van der Waals surface area contributed by atoms with Crippen LogP contribution in [0.1, 0.15) is 11.1 Å². The van der Waals surface area contributed by atoms with Crippen molar-refractivity contribution in [2.75, 3.05) is 0 Å². The van der Waals surface area contributed by atoms with Gasteiger partial charge < -0.3 is 4.74 Å². The first-order valence-corrected chi connectivity index (χ1v) is 6.07. The lowest BCUT2D eigenvalue weighted by atomic mass is 10.2. The van der Waals surface area contributed by atoms with Crippen molar-refractivity contribution in [1.82, 2.24) is 0 Å². The molecule has 0 radical (unpaired) electrons. The maximum Gasteiger partial charge on any atom is 0.416 e. The monoisotopic (exact) mass is 292 g/mol. The molecule has 2 nitrogen and oxygen atoms in total. The Hall–Kier alpha value is -2.56. The first kappa shape index (κ1) is 14.8. The lowest BCUT2D eigenvalue weighted by Gasteiger charge is -2.08. The van der Waals surface area contributed by atoms with Crippen molar-refractivity contribution in [3.63, 3.8) is 0 Å². The van der Waals surface area contributed by atoms with Crippen LogP contribution >= 0.6 is 0 Å². The maximum absolute atomic E-state index is 12.5. The minimum atomic E-state index is -4.47. The normalized spacial score (nSPS) is 11.6. The molecular formula is C16H11F3O2. The number of carbonyl (C=O) groups is 1. The van der Waals surface area contributed by atoms with E-state index < -0.39 is 17.7 Å². The van der Waals surface area contributed by atoms with E-state index in [1.54, 1.807) is 24.3 Å². The fourth-order valence-electron chi connectivity index (χ4n) is 1.61. The van der Waals surface area contributed by atoms with Gasteiger partial charge in [-0.1, -0.05) is 36.4 Å². The van der Waals surface area contributed by atoms with Crippen LogP contribution < -0.4 is 4.74 Å². The summed E-state index contributed by atoms with van der Waals surface area (Å²) in [4.78, 5) is 11.6. The van der Waals surface area contributed by atoms with Gasteiger partial charge in [0.15, 0.2) is 0 Å². The van der Waals surface area contributed by atoms with E-state index >= 15 is 0 Å². The molecule has 21 heavy (non-hydrogen) atoms. The Bertz CT molecular complexity index is 646. The molecular weight excluding hydrogens is 281 g/mol. The minimum absolute atomic E-state index is 0.146. The molecule has 0 heterocycles. The van der Waals surface area contributed by atoms with Gasteiger partial charge in [-0.3, -0.25) is 0 Å². The molecule has 0 aliphatic rings. The number of rotatable bonds is 3. The molecule has 0 amide bonds. The van der Waals surface area contributed by atoms with Crippen LogP contribution in [0.2, 0.25) is 0 Å². The average Bonchev–Trinajstić information content (AvgIpc) is 2.46. The summed E-state index contributed by atoms with van der Waals surface area (Å²) in [6.07, 6.45) is -1.78. The van der Waals surface area contributed by atoms with E-state index in [2.05, 4.69) is 0 Å². The first-order chi connectivity index (χ1) is 9.95. The minimum Gasteiger partial charge on any atom is -0.423 e. The summed E-state index contributed by atoms with van der Waals surface area (Å²) in [7, 11) is 0. The van der Waals surface area contributed by atoms with Crippen molar-refractivity contribution in [2.45, 2.75) is 6.18 Å². The van der Waals surface area contributed by atoms with E-state index in [9.17, 15) is 18.0 Å². The molecule has 0 unspecified atom stereocenters. The van der Waals surface area contributed by atoms with E-state index in [1.165, 1.54) is 18.2 Å². The van der Waals surface area contributed by atoms with Gasteiger partial charge in [0, 0.05) is 6.08 Å². The molecule has 0 aromatic heterocycles. The third-order valence-electron chi connectivity index (χ3n) is 2.59. The zero-order valence-electron chi connectivity index (χ0n) is 10.8. The average molecular weight is 292 g/mol. The molecule has 0 aliphatic carbocycles. The summed E-state index contributed by atoms with van der Waals surface area (Å²) < 4.78 is 42.4. The highest BCUT2D eigenvalue weighted by atomic mass is 19.4. The fraction of sp³-hybridized carbons (Fsp3) is 0.0625. The number of benzene rings is 2. The molecule has 0 saturated heterocycles. The van der Waals surface area contributed by atoms with Crippen LogP contribution in [0.15, 0.2) is 60.7 Å². The van der Waals surface area contributed by atoms with Gasteiger partial charge in [-0.2, -0.15) is 13.2 Å². The van der Waals surface area contributed by atoms with Crippen LogP contribution in [0.3, 0.4) is 0 Å². The number of hydrogen-bond donors (Lipinski definition) is 0. The van der Waals surface area contributed by atoms with E-state index in [-0.39, 0.29) is 5.75 Å². The van der Waals surface area contributed by atoms with Gasteiger partial charge in [-0.25, -0.2) is 4.79 Å². The standard InChI is InChI=1S/C16H11F3O2/c17-16(18,19)13-7-4-8-14(11-13)21-15(20)10-9-12-5-2-1-3-6-12/h1-11H/b10-9+. The molecule has 0 N–H and O–H groups in total. The smallest absolute Gasteiger partial charge is 0.416 e. The molecule has 0 aliphatic heterocycles. The summed E-state index contributed by atoms with van der Waals surface area (Å²) >= 11 is 0. The van der Waals surface area contributed by atoms with Crippen molar-refractivity contribution < 1.29 is 22.7 Å². The highest BCUT2D eigenvalue weighted by molar-refractivity contribution is 5.88. The van der Waals surface area contributed by atoms with Gasteiger partial charge in [0.2, 0.25) is 0 Å². The molecule has 0 saturated carbocycles. The van der Waals surface area contributed by atoms with Crippen molar-refractivity contribution in [3.05, 3.63) is 71.8 Å². The molecule has 0 fully saturated rings. The predicted molar refractivity (Wildman–Crippen MR) is 72.6 cm³/mol. The number of ether oxygens (including phenoxy) is 1. The fourth-order valence-corrected chi connectivity index (χ4v) is 1.61. The predicted octanol–water partition coefficient (Wildman–Crippen LogP) is 4.32. The third-order valence-corrected chi connectivity index (χ3v) is 2.59. The zero-order chi connectivity index (χ0) is 15.3. The van der Waals surface area contributed by atoms with Crippen molar-refractivity contribution in [2.24, 2.45) is 0 Å². The summed E-state index contributed by atoms with van der Waals surface area (Å²) in [5, 5.41) is 0. The van der Waals surface area contributed by atoms with Crippen LogP contribution in [0, 0.1) is 0 Å². The maximum atomic E-state index is 12.5. The molecule has 2 aromatic rings. The van der Waals surface area contributed by atoms with Crippen LogP contribution in [-0.4, -0.2) is 5.97 Å². The number of halogens is 3. The highest BCUT2D eigenvalue weighted by Gasteiger charge is 2.30. The van der Waals surface area contributed by atoms with Crippen LogP contribution in [-0.2, 0) is 11.0 Å². The molecule has 108 valence electrons. The number of esters is 1. The van der Waals surface area contributed by atoms with Crippen molar-refractivity contribution in [3.8, 4) is 5.75 Å². The largest absolute Gasteiger partial charge is 0.423 e. The zero-order valence-corrected chi connectivity index (χ0v) is 10.8. The number of carbonyl (C=O) groups excluding carboxylic acids is 1. The second-order valence-electron chi connectivity index (χ2n) is 4.19. The van der Waals surface area contributed by atoms with Gasteiger partial charge in [0.05, 0.1) is 5.56 Å². The molecule has 2 rings (SSSR count). The Morgan fingerprint density at radius 3 is 2.38 bits per heavy atom. The van der Waals surface area contributed by atoms with Crippen LogP contribution in [0.4, 0.5) is 13.2 Å². The highest BCUT2D eigenvalue weighted by Crippen LogP contribution is 2.31. The molecule has 2 aromatic carbocycles.